The van der Waals surface area contributed by atoms with Gasteiger partial charge < -0.3 is 19.8 Å². The molecule has 0 radical (unpaired) electrons. The molecule has 2 fully saturated rings. The average Bonchev–Trinajstić information content (AvgIpc) is 2.61. The lowest BCUT2D eigenvalue weighted by molar-refractivity contribution is -0.155. The van der Waals surface area contributed by atoms with Crippen LogP contribution in [0.15, 0.2) is 30.3 Å². The van der Waals surface area contributed by atoms with Crippen LogP contribution in [0.2, 0.25) is 0 Å². The molecule has 0 unspecified atom stereocenters. The van der Waals surface area contributed by atoms with Gasteiger partial charge in [-0.2, -0.15) is 0 Å². The minimum Gasteiger partial charge on any atom is -0.394 e. The number of hydrogen-bond donors (Lipinski definition) is 2. The summed E-state index contributed by atoms with van der Waals surface area (Å²) in [5, 5.41) is 19.3. The van der Waals surface area contributed by atoms with Crippen molar-refractivity contribution in [2.75, 3.05) is 19.8 Å². The summed E-state index contributed by atoms with van der Waals surface area (Å²) in [5.74, 6) is 0.106. The van der Waals surface area contributed by atoms with E-state index in [1.54, 1.807) is 0 Å². The minimum atomic E-state index is -0.385. The van der Waals surface area contributed by atoms with E-state index in [4.69, 9.17) is 4.74 Å². The minimum absolute atomic E-state index is 0.0259. The summed E-state index contributed by atoms with van der Waals surface area (Å²) in [6, 6.07) is 9.54. The van der Waals surface area contributed by atoms with Crippen molar-refractivity contribution in [2.24, 2.45) is 5.92 Å². The monoisotopic (exact) mass is 319 g/mol. The van der Waals surface area contributed by atoms with Gasteiger partial charge >= 0.3 is 0 Å². The van der Waals surface area contributed by atoms with E-state index in [1.807, 2.05) is 35.2 Å². The number of amides is 1. The number of rotatable bonds is 3. The lowest BCUT2D eigenvalue weighted by Crippen LogP contribution is -2.51. The molecule has 0 bridgehead atoms. The standard InChI is InChI=1S/C18H25NO4/c20-12-16-17(13-4-2-1-3-5-13)19(10-11-23-16)18(22)14-6-8-15(21)9-7-14/h1-5,14-17,20-21H,6-12H2/t14?,15?,16-,17-/m1/s1. The second-order valence-corrected chi connectivity index (χ2v) is 6.48. The maximum absolute atomic E-state index is 13.0. The van der Waals surface area contributed by atoms with E-state index < -0.39 is 0 Å². The second-order valence-electron chi connectivity index (χ2n) is 6.48. The lowest BCUT2D eigenvalue weighted by Gasteiger charge is -2.43. The average molecular weight is 319 g/mol. The summed E-state index contributed by atoms with van der Waals surface area (Å²) in [6.45, 7) is 0.899. The number of carbonyl (C=O) groups excluding carboxylic acids is 1. The van der Waals surface area contributed by atoms with Gasteiger partial charge in [-0.25, -0.2) is 0 Å². The highest BCUT2D eigenvalue weighted by atomic mass is 16.5. The molecule has 23 heavy (non-hydrogen) atoms. The SMILES string of the molecule is O=C(C1CCC(O)CC1)N1CCO[C@H](CO)[C@H]1c1ccccc1. The van der Waals surface area contributed by atoms with Crippen LogP contribution in [0.3, 0.4) is 0 Å². The molecule has 1 heterocycles. The fraction of sp³-hybridized carbons (Fsp3) is 0.611. The van der Waals surface area contributed by atoms with Crippen molar-refractivity contribution in [1.82, 2.24) is 4.90 Å². The number of aliphatic hydroxyl groups is 2. The number of ether oxygens (including phenoxy) is 1. The van der Waals surface area contributed by atoms with Gasteiger partial charge in [0.05, 0.1) is 25.4 Å². The Labute approximate surface area is 136 Å². The van der Waals surface area contributed by atoms with Crippen molar-refractivity contribution in [3.63, 3.8) is 0 Å². The number of benzene rings is 1. The van der Waals surface area contributed by atoms with E-state index in [0.29, 0.717) is 26.0 Å². The fourth-order valence-electron chi connectivity index (χ4n) is 3.74. The first kappa shape index (κ1) is 16.4. The topological polar surface area (TPSA) is 70.0 Å². The van der Waals surface area contributed by atoms with Crippen molar-refractivity contribution < 1.29 is 19.7 Å². The van der Waals surface area contributed by atoms with Gasteiger partial charge in [0.1, 0.15) is 6.10 Å². The van der Waals surface area contributed by atoms with Gasteiger partial charge in [-0.1, -0.05) is 30.3 Å². The van der Waals surface area contributed by atoms with Crippen LogP contribution in [-0.4, -0.2) is 53.0 Å². The lowest BCUT2D eigenvalue weighted by atomic mass is 9.85. The summed E-state index contributed by atoms with van der Waals surface area (Å²) in [5.41, 5.74) is 0.996. The van der Waals surface area contributed by atoms with Crippen molar-refractivity contribution in [1.29, 1.82) is 0 Å². The molecule has 2 atom stereocenters. The maximum atomic E-state index is 13.0. The molecular weight excluding hydrogens is 294 g/mol. The van der Waals surface area contributed by atoms with Gasteiger partial charge in [0.25, 0.3) is 0 Å². The van der Waals surface area contributed by atoms with Gasteiger partial charge in [0, 0.05) is 12.5 Å². The normalized spacial score (nSPS) is 31.8. The highest BCUT2D eigenvalue weighted by molar-refractivity contribution is 5.79. The first-order valence-corrected chi connectivity index (χ1v) is 8.46. The van der Waals surface area contributed by atoms with Crippen molar-refractivity contribution in [3.05, 3.63) is 35.9 Å². The zero-order valence-corrected chi connectivity index (χ0v) is 13.3. The summed E-state index contributed by atoms with van der Waals surface area (Å²) in [7, 11) is 0. The maximum Gasteiger partial charge on any atom is 0.226 e. The Bertz CT molecular complexity index is 513. The van der Waals surface area contributed by atoms with Crippen LogP contribution in [0.25, 0.3) is 0 Å². The molecule has 2 aliphatic rings. The molecule has 2 N–H and O–H groups in total. The molecular formula is C18H25NO4. The van der Waals surface area contributed by atoms with E-state index in [0.717, 1.165) is 18.4 Å². The smallest absolute Gasteiger partial charge is 0.226 e. The second kappa shape index (κ2) is 7.43. The van der Waals surface area contributed by atoms with E-state index in [9.17, 15) is 15.0 Å². The largest absolute Gasteiger partial charge is 0.394 e. The summed E-state index contributed by atoms with van der Waals surface area (Å²) < 4.78 is 5.70. The quantitative estimate of drug-likeness (QED) is 0.886. The van der Waals surface area contributed by atoms with Crippen LogP contribution in [0, 0.1) is 5.92 Å². The Morgan fingerprint density at radius 2 is 1.87 bits per heavy atom. The predicted octanol–water partition coefficient (Wildman–Crippen LogP) is 1.50. The first-order valence-electron chi connectivity index (χ1n) is 8.46. The van der Waals surface area contributed by atoms with E-state index in [-0.39, 0.29) is 36.7 Å². The Kier molecular flexibility index (Phi) is 5.30. The molecule has 1 saturated heterocycles. The zero-order valence-electron chi connectivity index (χ0n) is 13.3. The molecule has 1 amide bonds. The third-order valence-corrected chi connectivity index (χ3v) is 5.00. The third kappa shape index (κ3) is 3.57. The number of hydrogen-bond acceptors (Lipinski definition) is 4. The number of carbonyl (C=O) groups is 1. The van der Waals surface area contributed by atoms with Crippen LogP contribution in [0.1, 0.15) is 37.3 Å². The molecule has 5 heteroatoms. The van der Waals surface area contributed by atoms with E-state index >= 15 is 0 Å². The summed E-state index contributed by atoms with van der Waals surface area (Å²) in [4.78, 5) is 14.9. The number of morpholine rings is 1. The van der Waals surface area contributed by atoms with Crippen molar-refractivity contribution in [2.45, 2.75) is 43.9 Å². The Balaban J connectivity index is 1.81. The fourth-order valence-corrected chi connectivity index (χ4v) is 3.74. The van der Waals surface area contributed by atoms with Gasteiger partial charge in [-0.15, -0.1) is 0 Å². The van der Waals surface area contributed by atoms with Gasteiger partial charge in [-0.05, 0) is 31.2 Å². The molecule has 5 nitrogen and oxygen atoms in total. The Hall–Kier alpha value is -1.43. The molecule has 1 aliphatic heterocycles. The molecule has 1 aromatic carbocycles. The van der Waals surface area contributed by atoms with Crippen LogP contribution in [-0.2, 0) is 9.53 Å². The molecule has 0 spiro atoms. The van der Waals surface area contributed by atoms with Crippen LogP contribution < -0.4 is 0 Å². The van der Waals surface area contributed by atoms with Crippen molar-refractivity contribution in [3.8, 4) is 0 Å². The molecule has 1 aliphatic carbocycles. The molecule has 1 aromatic rings. The predicted molar refractivity (Wildman–Crippen MR) is 85.7 cm³/mol. The zero-order chi connectivity index (χ0) is 16.2. The van der Waals surface area contributed by atoms with Crippen LogP contribution >= 0.6 is 0 Å². The molecule has 3 rings (SSSR count). The Morgan fingerprint density at radius 1 is 1.17 bits per heavy atom. The van der Waals surface area contributed by atoms with Crippen LogP contribution in [0.4, 0.5) is 0 Å². The highest BCUT2D eigenvalue weighted by Crippen LogP contribution is 2.34. The first-order chi connectivity index (χ1) is 11.2. The molecule has 0 aromatic heterocycles. The van der Waals surface area contributed by atoms with Gasteiger partial charge in [0.15, 0.2) is 0 Å². The van der Waals surface area contributed by atoms with Gasteiger partial charge in [-0.3, -0.25) is 4.79 Å². The number of nitrogens with zero attached hydrogens (tertiary/aromatic N) is 1. The van der Waals surface area contributed by atoms with Crippen LogP contribution in [0.5, 0.6) is 0 Å². The highest BCUT2D eigenvalue weighted by Gasteiger charge is 2.39. The van der Waals surface area contributed by atoms with E-state index in [2.05, 4.69) is 0 Å². The summed E-state index contributed by atoms with van der Waals surface area (Å²) in [6.07, 6.45) is 2.22. The van der Waals surface area contributed by atoms with Gasteiger partial charge in [0.2, 0.25) is 5.91 Å². The van der Waals surface area contributed by atoms with Crippen molar-refractivity contribution >= 4 is 5.91 Å². The van der Waals surface area contributed by atoms with E-state index in [1.165, 1.54) is 0 Å². The summed E-state index contributed by atoms with van der Waals surface area (Å²) >= 11 is 0. The third-order valence-electron chi connectivity index (χ3n) is 5.00. The molecule has 126 valence electrons. The molecule has 1 saturated carbocycles. The Morgan fingerprint density at radius 3 is 2.52 bits per heavy atom. The number of aliphatic hydroxyl groups excluding tert-OH is 2.